The zero-order valence-electron chi connectivity index (χ0n) is 21.4. The smallest absolute Gasteiger partial charge is 0.396 e. The van der Waals surface area contributed by atoms with Gasteiger partial charge in [-0.3, -0.25) is 4.79 Å². The number of rotatable bonds is 6. The molecule has 12 heteroatoms. The van der Waals surface area contributed by atoms with Crippen LogP contribution in [0, 0.1) is 23.7 Å². The molecule has 5 atom stereocenters. The minimum atomic E-state index is -4.55. The van der Waals surface area contributed by atoms with Crippen molar-refractivity contribution in [2.75, 3.05) is 39.3 Å². The SMILES string of the molecule is O=C(C1C2CC(C3CCN(S(=O)(=O)Cc4ccccc4)CC3)CCN2NC1C(F)(F)F)N1CCC(CO)C1. The van der Waals surface area contributed by atoms with E-state index >= 15 is 0 Å². The molecule has 0 aromatic heterocycles. The molecule has 5 unspecified atom stereocenters. The molecule has 5 rings (SSSR count). The third kappa shape index (κ3) is 5.74. The van der Waals surface area contributed by atoms with Crippen molar-refractivity contribution in [3.05, 3.63) is 35.9 Å². The van der Waals surface area contributed by atoms with E-state index in [2.05, 4.69) is 5.43 Å². The van der Waals surface area contributed by atoms with E-state index in [1.165, 1.54) is 4.90 Å². The van der Waals surface area contributed by atoms with Crippen LogP contribution in [-0.2, 0) is 20.6 Å². The molecule has 0 saturated carbocycles. The second-order valence-electron chi connectivity index (χ2n) is 11.3. The van der Waals surface area contributed by atoms with E-state index < -0.39 is 40.1 Å². The molecule has 4 fully saturated rings. The second-order valence-corrected chi connectivity index (χ2v) is 13.3. The largest absolute Gasteiger partial charge is 0.406 e. The number of fused-ring (bicyclic) bond motifs is 1. The number of nitrogens with one attached hydrogen (secondary N) is 1. The first-order chi connectivity index (χ1) is 18.1. The number of nitrogens with zero attached hydrogens (tertiary/aromatic N) is 3. The van der Waals surface area contributed by atoms with E-state index in [0.29, 0.717) is 64.8 Å². The van der Waals surface area contributed by atoms with Gasteiger partial charge in [0.25, 0.3) is 0 Å². The number of benzene rings is 1. The number of sulfonamides is 1. The average molecular weight is 559 g/mol. The van der Waals surface area contributed by atoms with Crippen LogP contribution in [-0.4, -0.2) is 91.2 Å². The number of aliphatic hydroxyl groups excluding tert-OH is 1. The summed E-state index contributed by atoms with van der Waals surface area (Å²) in [5.74, 6) is -1.47. The van der Waals surface area contributed by atoms with E-state index in [4.69, 9.17) is 0 Å². The van der Waals surface area contributed by atoms with Gasteiger partial charge in [0.15, 0.2) is 0 Å². The van der Waals surface area contributed by atoms with Gasteiger partial charge in [-0.15, -0.1) is 0 Å². The molecule has 1 amide bonds. The second kappa shape index (κ2) is 11.0. The van der Waals surface area contributed by atoms with Gasteiger partial charge in [-0.1, -0.05) is 30.3 Å². The maximum atomic E-state index is 14.0. The van der Waals surface area contributed by atoms with Crippen LogP contribution < -0.4 is 5.43 Å². The summed E-state index contributed by atoms with van der Waals surface area (Å²) in [6.45, 7) is 1.84. The lowest BCUT2D eigenvalue weighted by atomic mass is 9.74. The Kier molecular flexibility index (Phi) is 8.08. The first-order valence-corrected chi connectivity index (χ1v) is 15.2. The summed E-state index contributed by atoms with van der Waals surface area (Å²) in [7, 11) is -3.44. The van der Waals surface area contributed by atoms with E-state index in [0.717, 1.165) is 5.56 Å². The first kappa shape index (κ1) is 27.8. The van der Waals surface area contributed by atoms with Crippen molar-refractivity contribution in [3.8, 4) is 0 Å². The quantitative estimate of drug-likeness (QED) is 0.557. The molecule has 2 N–H and O–H groups in total. The Balaban J connectivity index is 1.24. The summed E-state index contributed by atoms with van der Waals surface area (Å²) >= 11 is 0. The van der Waals surface area contributed by atoms with Gasteiger partial charge in [-0.2, -0.15) is 13.2 Å². The number of likely N-dealkylation sites (tertiary alicyclic amines) is 1. The third-order valence-electron chi connectivity index (χ3n) is 9.01. The van der Waals surface area contributed by atoms with Crippen molar-refractivity contribution in [1.29, 1.82) is 0 Å². The standard InChI is InChI=1S/C26H37F3N4O4S/c27-26(28,29)24-23(25(35)31-10-6-19(15-31)16-34)22-14-21(9-13-33(22)30-24)20-7-11-32(12-8-20)38(36,37)17-18-4-2-1-3-5-18/h1-5,19-24,30,34H,6-17H2. The Morgan fingerprint density at radius 1 is 1.00 bits per heavy atom. The van der Waals surface area contributed by atoms with Gasteiger partial charge in [0.05, 0.1) is 11.7 Å². The number of hydrogen-bond donors (Lipinski definition) is 2. The molecule has 4 heterocycles. The Morgan fingerprint density at radius 3 is 2.32 bits per heavy atom. The maximum Gasteiger partial charge on any atom is 0.406 e. The third-order valence-corrected chi connectivity index (χ3v) is 10.9. The molecule has 0 radical (unpaired) electrons. The lowest BCUT2D eigenvalue weighted by Crippen LogP contribution is -2.50. The highest BCUT2D eigenvalue weighted by molar-refractivity contribution is 7.88. The van der Waals surface area contributed by atoms with Crippen LogP contribution in [0.5, 0.6) is 0 Å². The van der Waals surface area contributed by atoms with Gasteiger partial charge >= 0.3 is 6.18 Å². The minimum Gasteiger partial charge on any atom is -0.396 e. The summed E-state index contributed by atoms with van der Waals surface area (Å²) in [5.41, 5.74) is 3.35. The topological polar surface area (TPSA) is 93.2 Å². The molecule has 1 aromatic carbocycles. The number of hydrogen-bond acceptors (Lipinski definition) is 6. The Morgan fingerprint density at radius 2 is 1.68 bits per heavy atom. The van der Waals surface area contributed by atoms with Gasteiger partial charge in [0.1, 0.15) is 6.04 Å². The van der Waals surface area contributed by atoms with Crippen molar-refractivity contribution in [2.24, 2.45) is 23.7 Å². The summed E-state index contributed by atoms with van der Waals surface area (Å²) in [6, 6.07) is 6.60. The monoisotopic (exact) mass is 558 g/mol. The van der Waals surface area contributed by atoms with Crippen LogP contribution in [0.3, 0.4) is 0 Å². The first-order valence-electron chi connectivity index (χ1n) is 13.6. The Bertz CT molecular complexity index is 1080. The minimum absolute atomic E-state index is 0.0408. The molecular weight excluding hydrogens is 521 g/mol. The summed E-state index contributed by atoms with van der Waals surface area (Å²) < 4.78 is 69.6. The van der Waals surface area contributed by atoms with Crippen molar-refractivity contribution >= 4 is 15.9 Å². The highest BCUT2D eigenvalue weighted by atomic mass is 32.2. The fourth-order valence-corrected chi connectivity index (χ4v) is 8.48. The van der Waals surface area contributed by atoms with Gasteiger partial charge < -0.3 is 10.0 Å². The highest BCUT2D eigenvalue weighted by Crippen LogP contribution is 2.43. The van der Waals surface area contributed by atoms with Gasteiger partial charge in [-0.05, 0) is 49.5 Å². The van der Waals surface area contributed by atoms with E-state index in [1.807, 2.05) is 18.2 Å². The molecule has 4 saturated heterocycles. The Labute approximate surface area is 222 Å². The van der Waals surface area contributed by atoms with Crippen molar-refractivity contribution in [2.45, 2.75) is 56.1 Å². The predicted octanol–water partition coefficient (Wildman–Crippen LogP) is 2.22. The van der Waals surface area contributed by atoms with Crippen molar-refractivity contribution in [1.82, 2.24) is 19.6 Å². The van der Waals surface area contributed by atoms with Crippen molar-refractivity contribution < 1.29 is 31.5 Å². The van der Waals surface area contributed by atoms with Gasteiger partial charge in [0.2, 0.25) is 15.9 Å². The fourth-order valence-electron chi connectivity index (χ4n) is 6.91. The summed E-state index contributed by atoms with van der Waals surface area (Å²) in [6.07, 6.45) is -1.42. The zero-order chi connectivity index (χ0) is 27.1. The lowest BCUT2D eigenvalue weighted by Gasteiger charge is -2.42. The summed E-state index contributed by atoms with van der Waals surface area (Å²) in [4.78, 5) is 14.9. The normalized spacial score (nSPS) is 32.0. The maximum absolute atomic E-state index is 14.0. The predicted molar refractivity (Wildman–Crippen MR) is 135 cm³/mol. The number of carbonyl (C=O) groups excluding carboxylic acids is 1. The molecule has 0 spiro atoms. The molecule has 4 aliphatic heterocycles. The highest BCUT2D eigenvalue weighted by Gasteiger charge is 2.59. The summed E-state index contributed by atoms with van der Waals surface area (Å²) in [5, 5.41) is 11.1. The van der Waals surface area contributed by atoms with Crippen molar-refractivity contribution in [3.63, 3.8) is 0 Å². The molecule has 212 valence electrons. The lowest BCUT2D eigenvalue weighted by molar-refractivity contribution is -0.172. The number of alkyl halides is 3. The number of aliphatic hydroxyl groups is 1. The molecule has 4 aliphatic rings. The van der Waals surface area contributed by atoms with E-state index in [1.54, 1.807) is 21.4 Å². The van der Waals surface area contributed by atoms with Gasteiger partial charge in [0, 0.05) is 51.3 Å². The molecule has 0 aliphatic carbocycles. The Hall–Kier alpha value is -1.73. The zero-order valence-corrected chi connectivity index (χ0v) is 22.2. The fraction of sp³-hybridized carbons (Fsp3) is 0.731. The van der Waals surface area contributed by atoms with Crippen LogP contribution in [0.15, 0.2) is 30.3 Å². The number of hydrazine groups is 1. The van der Waals surface area contributed by atoms with Crippen LogP contribution >= 0.6 is 0 Å². The van der Waals surface area contributed by atoms with Crippen LogP contribution in [0.25, 0.3) is 0 Å². The van der Waals surface area contributed by atoms with Crippen LogP contribution in [0.1, 0.15) is 37.7 Å². The number of carbonyl (C=O) groups is 1. The van der Waals surface area contributed by atoms with Crippen LogP contribution in [0.2, 0.25) is 0 Å². The molecule has 0 bridgehead atoms. The van der Waals surface area contributed by atoms with E-state index in [-0.39, 0.29) is 30.1 Å². The van der Waals surface area contributed by atoms with Gasteiger partial charge in [-0.25, -0.2) is 23.2 Å². The molecule has 8 nitrogen and oxygen atoms in total. The van der Waals surface area contributed by atoms with Crippen LogP contribution in [0.4, 0.5) is 13.2 Å². The van der Waals surface area contributed by atoms with E-state index in [9.17, 15) is 31.5 Å². The number of halogens is 3. The molecular formula is C26H37F3N4O4S. The number of amides is 1. The molecule has 38 heavy (non-hydrogen) atoms. The molecule has 1 aromatic rings. The average Bonchev–Trinajstić information content (AvgIpc) is 3.53. The number of piperidine rings is 2.